The molecular weight excluding hydrogens is 243 g/mol. The lowest BCUT2D eigenvalue weighted by Crippen LogP contribution is -2.01. The number of rotatable bonds is 2. The Balaban J connectivity index is 2.14. The van der Waals surface area contributed by atoms with E-state index in [2.05, 4.69) is 4.98 Å². The average Bonchev–Trinajstić information content (AvgIpc) is 2.80. The second-order valence-electron chi connectivity index (χ2n) is 4.35. The van der Waals surface area contributed by atoms with Gasteiger partial charge in [0.2, 0.25) is 0 Å². The average molecular weight is 254 g/mol. The molecule has 0 aliphatic heterocycles. The third kappa shape index (κ3) is 1.97. The lowest BCUT2D eigenvalue weighted by Gasteiger charge is -2.01. The highest BCUT2D eigenvalue weighted by Crippen LogP contribution is 2.22. The van der Waals surface area contributed by atoms with Gasteiger partial charge in [-0.25, -0.2) is 4.39 Å². The van der Waals surface area contributed by atoms with Crippen molar-refractivity contribution in [1.82, 2.24) is 4.98 Å². The largest absolute Gasteiger partial charge is 0.399 e. The van der Waals surface area contributed by atoms with Crippen LogP contribution in [-0.2, 0) is 0 Å². The minimum Gasteiger partial charge on any atom is -0.399 e. The molecule has 0 aliphatic carbocycles. The predicted molar refractivity (Wildman–Crippen MR) is 72.5 cm³/mol. The van der Waals surface area contributed by atoms with Crippen LogP contribution in [0.1, 0.15) is 15.9 Å². The van der Waals surface area contributed by atoms with Gasteiger partial charge in [-0.3, -0.25) is 4.79 Å². The number of aromatic amines is 1. The van der Waals surface area contributed by atoms with Crippen LogP contribution in [0.3, 0.4) is 0 Å². The SMILES string of the molecule is Nc1cccc(C(=O)c2c[nH]c3ccc(F)cc23)c1. The first-order valence-corrected chi connectivity index (χ1v) is 5.82. The Morgan fingerprint density at radius 1 is 1.16 bits per heavy atom. The van der Waals surface area contributed by atoms with Gasteiger partial charge < -0.3 is 10.7 Å². The van der Waals surface area contributed by atoms with Crippen molar-refractivity contribution in [3.8, 4) is 0 Å². The van der Waals surface area contributed by atoms with Gasteiger partial charge in [0.15, 0.2) is 5.78 Å². The van der Waals surface area contributed by atoms with Crippen molar-refractivity contribution in [1.29, 1.82) is 0 Å². The Bertz CT molecular complexity index is 777. The Hall–Kier alpha value is -2.62. The van der Waals surface area contributed by atoms with Crippen LogP contribution in [0.4, 0.5) is 10.1 Å². The summed E-state index contributed by atoms with van der Waals surface area (Å²) < 4.78 is 13.3. The number of nitrogens with two attached hydrogens (primary N) is 1. The highest BCUT2D eigenvalue weighted by atomic mass is 19.1. The highest BCUT2D eigenvalue weighted by Gasteiger charge is 2.14. The molecule has 1 heterocycles. The topological polar surface area (TPSA) is 58.9 Å². The molecule has 3 rings (SSSR count). The molecule has 0 fully saturated rings. The molecular formula is C15H11FN2O. The number of aromatic nitrogens is 1. The molecule has 0 aliphatic rings. The molecule has 94 valence electrons. The van der Waals surface area contributed by atoms with Gasteiger partial charge in [-0.05, 0) is 30.3 Å². The number of ketones is 1. The van der Waals surface area contributed by atoms with Crippen molar-refractivity contribution in [2.75, 3.05) is 5.73 Å². The fraction of sp³-hybridized carbons (Fsp3) is 0. The van der Waals surface area contributed by atoms with E-state index in [1.54, 1.807) is 36.5 Å². The molecule has 0 unspecified atom stereocenters. The number of carbonyl (C=O) groups excluding carboxylic acids is 1. The second kappa shape index (κ2) is 4.24. The first-order chi connectivity index (χ1) is 9.15. The summed E-state index contributed by atoms with van der Waals surface area (Å²) in [4.78, 5) is 15.3. The molecule has 1 aromatic heterocycles. The minimum atomic E-state index is -0.367. The predicted octanol–water partition coefficient (Wildman–Crippen LogP) is 3.12. The van der Waals surface area contributed by atoms with Gasteiger partial charge in [0.05, 0.1) is 0 Å². The number of fused-ring (bicyclic) bond motifs is 1. The van der Waals surface area contributed by atoms with E-state index < -0.39 is 0 Å². The fourth-order valence-corrected chi connectivity index (χ4v) is 2.12. The number of nitrogens with one attached hydrogen (secondary N) is 1. The van der Waals surface area contributed by atoms with Crippen LogP contribution in [0.15, 0.2) is 48.7 Å². The summed E-state index contributed by atoms with van der Waals surface area (Å²) in [5.74, 6) is -0.544. The zero-order valence-electron chi connectivity index (χ0n) is 9.98. The van der Waals surface area contributed by atoms with Crippen LogP contribution in [0.25, 0.3) is 10.9 Å². The van der Waals surface area contributed by atoms with E-state index >= 15 is 0 Å². The second-order valence-corrected chi connectivity index (χ2v) is 4.35. The van der Waals surface area contributed by atoms with E-state index in [4.69, 9.17) is 5.73 Å². The van der Waals surface area contributed by atoms with E-state index in [0.29, 0.717) is 22.2 Å². The van der Waals surface area contributed by atoms with Crippen molar-refractivity contribution in [2.45, 2.75) is 0 Å². The van der Waals surface area contributed by atoms with Gasteiger partial charge in [-0.15, -0.1) is 0 Å². The summed E-state index contributed by atoms with van der Waals surface area (Å²) in [7, 11) is 0. The summed E-state index contributed by atoms with van der Waals surface area (Å²) in [6.45, 7) is 0. The number of H-pyrrole nitrogens is 1. The van der Waals surface area contributed by atoms with Crippen LogP contribution >= 0.6 is 0 Å². The molecule has 3 aromatic rings. The lowest BCUT2D eigenvalue weighted by molar-refractivity contribution is 0.104. The third-order valence-electron chi connectivity index (χ3n) is 3.04. The molecule has 0 spiro atoms. The molecule has 3 nitrogen and oxygen atoms in total. The van der Waals surface area contributed by atoms with Gasteiger partial charge in [0.1, 0.15) is 5.82 Å². The van der Waals surface area contributed by atoms with Gasteiger partial charge >= 0.3 is 0 Å². The van der Waals surface area contributed by atoms with Crippen LogP contribution in [0.2, 0.25) is 0 Å². The number of hydrogen-bond acceptors (Lipinski definition) is 2. The molecule has 0 amide bonds. The van der Waals surface area contributed by atoms with Crippen molar-refractivity contribution >= 4 is 22.4 Å². The Morgan fingerprint density at radius 2 is 2.00 bits per heavy atom. The van der Waals surface area contributed by atoms with Gasteiger partial charge in [-0.1, -0.05) is 12.1 Å². The molecule has 0 radical (unpaired) electrons. The smallest absolute Gasteiger partial charge is 0.195 e. The van der Waals surface area contributed by atoms with Gasteiger partial charge in [-0.2, -0.15) is 0 Å². The molecule has 0 atom stereocenters. The molecule has 4 heteroatoms. The Morgan fingerprint density at radius 3 is 2.79 bits per heavy atom. The van der Waals surface area contributed by atoms with Crippen molar-refractivity contribution < 1.29 is 9.18 Å². The number of nitrogen functional groups attached to an aromatic ring is 1. The monoisotopic (exact) mass is 254 g/mol. The van der Waals surface area contributed by atoms with Crippen LogP contribution in [0.5, 0.6) is 0 Å². The summed E-state index contributed by atoms with van der Waals surface area (Å²) in [6, 6.07) is 11.1. The number of hydrogen-bond donors (Lipinski definition) is 2. The summed E-state index contributed by atoms with van der Waals surface area (Å²) in [5, 5.41) is 0.576. The molecule has 0 saturated heterocycles. The summed E-state index contributed by atoms with van der Waals surface area (Å²) in [6.07, 6.45) is 1.59. The quantitative estimate of drug-likeness (QED) is 0.545. The number of carbonyl (C=O) groups is 1. The first kappa shape index (κ1) is 11.5. The van der Waals surface area contributed by atoms with Crippen LogP contribution < -0.4 is 5.73 Å². The number of anilines is 1. The van der Waals surface area contributed by atoms with Crippen molar-refractivity contribution in [3.63, 3.8) is 0 Å². The summed E-state index contributed by atoms with van der Waals surface area (Å²) in [5.41, 5.74) is 7.86. The van der Waals surface area contributed by atoms with Crippen LogP contribution in [-0.4, -0.2) is 10.8 Å². The number of halogens is 1. The van der Waals surface area contributed by atoms with E-state index in [1.807, 2.05) is 0 Å². The summed E-state index contributed by atoms with van der Waals surface area (Å²) >= 11 is 0. The zero-order valence-corrected chi connectivity index (χ0v) is 9.98. The minimum absolute atomic E-state index is 0.177. The maximum absolute atomic E-state index is 13.3. The molecule has 0 saturated carbocycles. The molecule has 19 heavy (non-hydrogen) atoms. The Labute approximate surface area is 108 Å². The van der Waals surface area contributed by atoms with Crippen molar-refractivity contribution in [2.24, 2.45) is 0 Å². The first-order valence-electron chi connectivity index (χ1n) is 5.82. The Kier molecular flexibility index (Phi) is 2.56. The normalized spacial score (nSPS) is 10.8. The fourth-order valence-electron chi connectivity index (χ4n) is 2.12. The van der Waals surface area contributed by atoms with Gasteiger partial charge in [0, 0.05) is 33.9 Å². The van der Waals surface area contributed by atoms with Gasteiger partial charge in [0.25, 0.3) is 0 Å². The standard InChI is InChI=1S/C15H11FN2O/c16-10-4-5-14-12(7-10)13(8-18-14)15(19)9-2-1-3-11(17)6-9/h1-8,18H,17H2. The number of benzene rings is 2. The molecule has 2 aromatic carbocycles. The molecule has 0 bridgehead atoms. The van der Waals surface area contributed by atoms with E-state index in [1.165, 1.54) is 12.1 Å². The van der Waals surface area contributed by atoms with Crippen molar-refractivity contribution in [3.05, 3.63) is 65.6 Å². The lowest BCUT2D eigenvalue weighted by atomic mass is 10.0. The van der Waals surface area contributed by atoms with Crippen LogP contribution in [0, 0.1) is 5.82 Å². The maximum atomic E-state index is 13.3. The zero-order chi connectivity index (χ0) is 13.4. The molecule has 3 N–H and O–H groups in total. The van der Waals surface area contributed by atoms with E-state index in [0.717, 1.165) is 5.52 Å². The maximum Gasteiger partial charge on any atom is 0.195 e. The highest BCUT2D eigenvalue weighted by molar-refractivity contribution is 6.16. The van der Waals surface area contributed by atoms with E-state index in [9.17, 15) is 9.18 Å². The van der Waals surface area contributed by atoms with E-state index in [-0.39, 0.29) is 11.6 Å². The third-order valence-corrected chi connectivity index (χ3v) is 3.04.